The molecule has 0 aliphatic heterocycles. The Morgan fingerprint density at radius 1 is 1.25 bits per heavy atom. The number of carbonyl (C=O) groups excluding carboxylic acids is 1. The largest absolute Gasteiger partial charge is 0.368 e. The Kier molecular flexibility index (Phi) is 3.69. The molecule has 3 fully saturated rings. The standard InChI is InChI=1S/C20H27NO2S/c1-18-8-5-14(22)11-13(18)3-4-15-16(18)6-9-19(2)17(15)7-10-20(19,23)21-12-24/h3,15-17,23H,4-11H2,1-2H3/t15?,16-,17-,18+,19+,20+/m1/s1. The molecular formula is C20H27NO2S. The third kappa shape index (κ3) is 2.03. The maximum Gasteiger partial charge on any atom is 0.171 e. The average Bonchev–Trinajstić information content (AvgIpc) is 2.80. The number of isothiocyanates is 1. The molecule has 0 radical (unpaired) electrons. The summed E-state index contributed by atoms with van der Waals surface area (Å²) in [5.41, 5.74) is 0.366. The molecule has 0 saturated heterocycles. The van der Waals surface area contributed by atoms with Crippen molar-refractivity contribution in [3.05, 3.63) is 11.6 Å². The van der Waals surface area contributed by atoms with E-state index in [1.54, 1.807) is 0 Å². The van der Waals surface area contributed by atoms with Crippen molar-refractivity contribution in [3.63, 3.8) is 0 Å². The van der Waals surface area contributed by atoms with E-state index in [0.29, 0.717) is 36.4 Å². The van der Waals surface area contributed by atoms with Gasteiger partial charge in [0, 0.05) is 18.3 Å². The Morgan fingerprint density at radius 3 is 2.75 bits per heavy atom. The predicted molar refractivity (Wildman–Crippen MR) is 96.7 cm³/mol. The molecule has 0 aromatic carbocycles. The zero-order valence-electron chi connectivity index (χ0n) is 14.7. The second-order valence-electron chi connectivity index (χ2n) is 8.99. The van der Waals surface area contributed by atoms with Gasteiger partial charge in [0.05, 0.1) is 5.16 Å². The molecule has 4 aliphatic carbocycles. The topological polar surface area (TPSA) is 49.7 Å². The first kappa shape index (κ1) is 16.6. The minimum Gasteiger partial charge on any atom is -0.368 e. The molecule has 6 atom stereocenters. The Hall–Kier alpha value is -0.830. The van der Waals surface area contributed by atoms with Crippen LogP contribution in [0.4, 0.5) is 0 Å². The van der Waals surface area contributed by atoms with Gasteiger partial charge in [-0.2, -0.15) is 4.99 Å². The third-order valence-electron chi connectivity index (χ3n) is 8.28. The summed E-state index contributed by atoms with van der Waals surface area (Å²) >= 11 is 4.81. The van der Waals surface area contributed by atoms with E-state index in [-0.39, 0.29) is 10.8 Å². The van der Waals surface area contributed by atoms with Gasteiger partial charge in [0.2, 0.25) is 0 Å². The first-order valence-corrected chi connectivity index (χ1v) is 9.77. The van der Waals surface area contributed by atoms with Gasteiger partial charge in [-0.1, -0.05) is 25.5 Å². The van der Waals surface area contributed by atoms with E-state index in [1.807, 2.05) is 0 Å². The van der Waals surface area contributed by atoms with Crippen molar-refractivity contribution in [3.8, 4) is 0 Å². The molecule has 4 aliphatic rings. The van der Waals surface area contributed by atoms with Gasteiger partial charge in [0.15, 0.2) is 5.72 Å². The zero-order chi connectivity index (χ0) is 17.2. The van der Waals surface area contributed by atoms with Crippen LogP contribution in [0.5, 0.6) is 0 Å². The van der Waals surface area contributed by atoms with Crippen LogP contribution in [0.25, 0.3) is 0 Å². The third-order valence-corrected chi connectivity index (χ3v) is 8.37. The van der Waals surface area contributed by atoms with Crippen LogP contribution in [-0.4, -0.2) is 21.8 Å². The number of aliphatic imine (C=N–C) groups is 1. The van der Waals surface area contributed by atoms with Crippen LogP contribution in [0.15, 0.2) is 16.6 Å². The lowest BCUT2D eigenvalue weighted by atomic mass is 9.47. The minimum atomic E-state index is -1.03. The first-order chi connectivity index (χ1) is 11.3. The second-order valence-corrected chi connectivity index (χ2v) is 9.17. The summed E-state index contributed by atoms with van der Waals surface area (Å²) in [5.74, 6) is 2.13. The van der Waals surface area contributed by atoms with Crippen LogP contribution in [-0.2, 0) is 4.79 Å². The van der Waals surface area contributed by atoms with Crippen molar-refractivity contribution >= 4 is 23.2 Å². The fraction of sp³-hybridized carbons (Fsp3) is 0.800. The van der Waals surface area contributed by atoms with Crippen LogP contribution in [0.3, 0.4) is 0 Å². The second kappa shape index (κ2) is 5.33. The van der Waals surface area contributed by atoms with E-state index in [9.17, 15) is 9.90 Å². The SMILES string of the molecule is C[C@]12CCC(=O)CC1=CCC1[C@H]2CC[C@@]2(C)[C@@H]1CC[C@@]2(O)N=C=S. The summed E-state index contributed by atoms with van der Waals surface area (Å²) in [4.78, 5) is 16.1. The highest BCUT2D eigenvalue weighted by Crippen LogP contribution is 2.67. The van der Waals surface area contributed by atoms with Crippen molar-refractivity contribution in [1.29, 1.82) is 0 Å². The number of aliphatic hydroxyl groups is 1. The molecule has 4 rings (SSSR count). The zero-order valence-corrected chi connectivity index (χ0v) is 15.5. The number of carbonyl (C=O) groups is 1. The molecule has 0 bridgehead atoms. The predicted octanol–water partition coefficient (Wildman–Crippen LogP) is 4.31. The molecule has 3 nitrogen and oxygen atoms in total. The molecule has 1 N–H and O–H groups in total. The fourth-order valence-electron chi connectivity index (χ4n) is 6.73. The van der Waals surface area contributed by atoms with Gasteiger partial charge in [-0.25, -0.2) is 0 Å². The number of fused-ring (bicyclic) bond motifs is 5. The molecule has 0 aromatic rings. The number of ketones is 1. The van der Waals surface area contributed by atoms with E-state index in [1.165, 1.54) is 5.57 Å². The number of rotatable bonds is 1. The van der Waals surface area contributed by atoms with Crippen molar-refractivity contribution in [2.75, 3.05) is 0 Å². The smallest absolute Gasteiger partial charge is 0.171 e. The van der Waals surface area contributed by atoms with Gasteiger partial charge in [-0.05, 0) is 73.9 Å². The molecule has 0 spiro atoms. The molecule has 4 heteroatoms. The van der Waals surface area contributed by atoms with Gasteiger partial charge in [-0.3, -0.25) is 4.79 Å². The van der Waals surface area contributed by atoms with Gasteiger partial charge in [-0.15, -0.1) is 0 Å². The van der Waals surface area contributed by atoms with Crippen molar-refractivity contribution < 1.29 is 9.90 Å². The molecule has 1 unspecified atom stereocenters. The number of hydrogen-bond acceptors (Lipinski definition) is 4. The molecular weight excluding hydrogens is 318 g/mol. The van der Waals surface area contributed by atoms with Gasteiger partial charge in [0.1, 0.15) is 5.78 Å². The molecule has 0 amide bonds. The Balaban J connectivity index is 1.70. The number of thiocarbonyl (C=S) groups is 1. The number of Topliss-reactive ketones (excluding diaryl/α,β-unsaturated/α-hetero) is 1. The Labute approximate surface area is 149 Å². The van der Waals surface area contributed by atoms with Crippen molar-refractivity contribution in [2.45, 2.75) is 70.9 Å². The van der Waals surface area contributed by atoms with Gasteiger partial charge in [0.25, 0.3) is 0 Å². The average molecular weight is 346 g/mol. The lowest BCUT2D eigenvalue weighted by Gasteiger charge is -2.57. The van der Waals surface area contributed by atoms with Gasteiger partial charge >= 0.3 is 0 Å². The van der Waals surface area contributed by atoms with E-state index in [2.05, 4.69) is 30.1 Å². The van der Waals surface area contributed by atoms with Crippen LogP contribution in [0, 0.1) is 28.6 Å². The first-order valence-electron chi connectivity index (χ1n) is 9.37. The number of nitrogens with zero attached hydrogens (tertiary/aromatic N) is 1. The summed E-state index contributed by atoms with van der Waals surface area (Å²) in [6, 6.07) is 0. The highest BCUT2D eigenvalue weighted by Gasteiger charge is 2.64. The maximum atomic E-state index is 11.9. The van der Waals surface area contributed by atoms with E-state index >= 15 is 0 Å². The van der Waals surface area contributed by atoms with Crippen molar-refractivity contribution in [2.24, 2.45) is 33.6 Å². The lowest BCUT2D eigenvalue weighted by Crippen LogP contribution is -2.53. The summed E-state index contributed by atoms with van der Waals surface area (Å²) < 4.78 is 0. The van der Waals surface area contributed by atoms with E-state index < -0.39 is 5.72 Å². The van der Waals surface area contributed by atoms with E-state index in [4.69, 9.17) is 12.2 Å². The van der Waals surface area contributed by atoms with Crippen LogP contribution in [0.2, 0.25) is 0 Å². The number of hydrogen-bond donors (Lipinski definition) is 1. The quantitative estimate of drug-likeness (QED) is 0.438. The summed E-state index contributed by atoms with van der Waals surface area (Å²) in [6.45, 7) is 4.60. The monoisotopic (exact) mass is 345 g/mol. The van der Waals surface area contributed by atoms with Crippen molar-refractivity contribution in [1.82, 2.24) is 0 Å². The van der Waals surface area contributed by atoms with Crippen LogP contribution >= 0.6 is 12.2 Å². The summed E-state index contributed by atoms with van der Waals surface area (Å²) in [7, 11) is 0. The lowest BCUT2D eigenvalue weighted by molar-refractivity contribution is -0.127. The maximum absolute atomic E-state index is 11.9. The molecule has 0 heterocycles. The molecule has 24 heavy (non-hydrogen) atoms. The van der Waals surface area contributed by atoms with Gasteiger partial charge < -0.3 is 5.11 Å². The summed E-state index contributed by atoms with van der Waals surface area (Å²) in [5, 5.41) is 13.6. The highest BCUT2D eigenvalue weighted by atomic mass is 32.1. The normalized spacial score (nSPS) is 50.2. The number of allylic oxidation sites excluding steroid dienone is 2. The van der Waals surface area contributed by atoms with Crippen LogP contribution in [0.1, 0.15) is 65.2 Å². The Bertz CT molecular complexity index is 667. The molecule has 3 saturated carbocycles. The highest BCUT2D eigenvalue weighted by molar-refractivity contribution is 7.78. The molecule has 0 aromatic heterocycles. The Morgan fingerprint density at radius 2 is 2.00 bits per heavy atom. The fourth-order valence-corrected chi connectivity index (χ4v) is 6.88. The van der Waals surface area contributed by atoms with Crippen LogP contribution < -0.4 is 0 Å². The summed E-state index contributed by atoms with van der Waals surface area (Å²) in [6.07, 6.45) is 9.66. The van der Waals surface area contributed by atoms with E-state index in [0.717, 1.165) is 38.5 Å². The minimum absolute atomic E-state index is 0.187. The molecule has 130 valence electrons.